The first-order chi connectivity index (χ1) is 6.29. The van der Waals surface area contributed by atoms with Crippen LogP contribution in [0.25, 0.3) is 0 Å². The molecule has 1 aromatic rings. The van der Waals surface area contributed by atoms with Gasteiger partial charge in [-0.2, -0.15) is 0 Å². The maximum atomic E-state index is 9.70. The molecular weight excluding hydrogens is 184 g/mol. The Morgan fingerprint density at radius 1 is 1.69 bits per heavy atom. The molecule has 1 aromatic heterocycles. The molecule has 4 heteroatoms. The average Bonchev–Trinajstić information content (AvgIpc) is 2.18. The maximum Gasteiger partial charge on any atom is 0.101 e. The highest BCUT2D eigenvalue weighted by Crippen LogP contribution is 2.24. The predicted octanol–water partition coefficient (Wildman–Crippen LogP) is 1.19. The van der Waals surface area contributed by atoms with E-state index in [2.05, 4.69) is 4.98 Å². The van der Waals surface area contributed by atoms with Crippen LogP contribution >= 0.6 is 11.8 Å². The Morgan fingerprint density at radius 3 is 3.08 bits per heavy atom. The molecule has 0 aliphatic heterocycles. The van der Waals surface area contributed by atoms with E-state index in [-0.39, 0.29) is 0 Å². The second kappa shape index (κ2) is 5.21. The minimum Gasteiger partial charge on any atom is -0.388 e. The van der Waals surface area contributed by atoms with Gasteiger partial charge in [0.05, 0.1) is 6.10 Å². The zero-order valence-electron chi connectivity index (χ0n) is 7.60. The molecule has 0 aromatic carbocycles. The number of nitrogens with two attached hydrogens (primary N) is 1. The number of hydrogen-bond acceptors (Lipinski definition) is 4. The Balaban J connectivity index is 2.85. The zero-order valence-corrected chi connectivity index (χ0v) is 8.42. The van der Waals surface area contributed by atoms with Crippen molar-refractivity contribution in [3.05, 3.63) is 23.9 Å². The third-order valence-electron chi connectivity index (χ3n) is 1.79. The summed E-state index contributed by atoms with van der Waals surface area (Å²) in [5, 5.41) is 10.6. The third-order valence-corrected chi connectivity index (χ3v) is 2.52. The molecule has 0 fully saturated rings. The number of pyridine rings is 1. The molecular formula is C9H14N2OS. The summed E-state index contributed by atoms with van der Waals surface area (Å²) >= 11 is 1.54. The van der Waals surface area contributed by atoms with E-state index in [0.717, 1.165) is 10.6 Å². The summed E-state index contributed by atoms with van der Waals surface area (Å²) in [6.07, 6.45) is 3.77. The van der Waals surface area contributed by atoms with Crippen molar-refractivity contribution < 1.29 is 5.11 Å². The molecule has 3 nitrogen and oxygen atoms in total. The molecule has 72 valence electrons. The fourth-order valence-corrected chi connectivity index (χ4v) is 1.75. The van der Waals surface area contributed by atoms with Gasteiger partial charge in [-0.05, 0) is 25.3 Å². The van der Waals surface area contributed by atoms with Gasteiger partial charge in [-0.15, -0.1) is 11.8 Å². The predicted molar refractivity (Wildman–Crippen MR) is 54.6 cm³/mol. The second-order valence-electron chi connectivity index (χ2n) is 2.70. The van der Waals surface area contributed by atoms with E-state index in [9.17, 15) is 5.11 Å². The van der Waals surface area contributed by atoms with Gasteiger partial charge < -0.3 is 10.8 Å². The second-order valence-corrected chi connectivity index (χ2v) is 3.49. The van der Waals surface area contributed by atoms with Gasteiger partial charge in [-0.3, -0.25) is 0 Å². The van der Waals surface area contributed by atoms with E-state index in [1.807, 2.05) is 18.4 Å². The SMILES string of the molecule is CSc1ncccc1C(O)CCN. The summed E-state index contributed by atoms with van der Waals surface area (Å²) in [7, 11) is 0. The maximum absolute atomic E-state index is 9.70. The number of rotatable bonds is 4. The van der Waals surface area contributed by atoms with Gasteiger partial charge in [0.1, 0.15) is 5.03 Å². The number of hydrogen-bond donors (Lipinski definition) is 2. The summed E-state index contributed by atoms with van der Waals surface area (Å²) in [5.41, 5.74) is 6.25. The van der Waals surface area contributed by atoms with Gasteiger partial charge in [-0.1, -0.05) is 6.07 Å². The van der Waals surface area contributed by atoms with Crippen LogP contribution < -0.4 is 5.73 Å². The van der Waals surface area contributed by atoms with E-state index >= 15 is 0 Å². The number of aliphatic hydroxyl groups is 1. The first-order valence-corrected chi connectivity index (χ1v) is 5.39. The normalized spacial score (nSPS) is 12.8. The molecule has 0 spiro atoms. The summed E-state index contributed by atoms with van der Waals surface area (Å²) < 4.78 is 0. The molecule has 0 bridgehead atoms. The van der Waals surface area contributed by atoms with Gasteiger partial charge in [0.15, 0.2) is 0 Å². The highest BCUT2D eigenvalue weighted by molar-refractivity contribution is 7.98. The molecule has 3 N–H and O–H groups in total. The lowest BCUT2D eigenvalue weighted by Gasteiger charge is -2.11. The van der Waals surface area contributed by atoms with Crippen LogP contribution in [0, 0.1) is 0 Å². The Hall–Kier alpha value is -0.580. The van der Waals surface area contributed by atoms with Gasteiger partial charge >= 0.3 is 0 Å². The highest BCUT2D eigenvalue weighted by atomic mass is 32.2. The van der Waals surface area contributed by atoms with Crippen LogP contribution in [0.3, 0.4) is 0 Å². The molecule has 1 unspecified atom stereocenters. The monoisotopic (exact) mass is 198 g/mol. The molecule has 0 aliphatic carbocycles. The van der Waals surface area contributed by atoms with Gasteiger partial charge in [0.25, 0.3) is 0 Å². The van der Waals surface area contributed by atoms with Crippen molar-refractivity contribution in [2.45, 2.75) is 17.6 Å². The van der Waals surface area contributed by atoms with E-state index in [1.165, 1.54) is 11.8 Å². The molecule has 0 amide bonds. The van der Waals surface area contributed by atoms with Crippen molar-refractivity contribution in [1.29, 1.82) is 0 Å². The van der Waals surface area contributed by atoms with Gasteiger partial charge in [-0.25, -0.2) is 4.98 Å². The number of nitrogens with zero attached hydrogens (tertiary/aromatic N) is 1. The fraction of sp³-hybridized carbons (Fsp3) is 0.444. The quantitative estimate of drug-likeness (QED) is 0.713. The summed E-state index contributed by atoms with van der Waals surface area (Å²) in [4.78, 5) is 4.16. The van der Waals surface area contributed by atoms with Crippen molar-refractivity contribution in [1.82, 2.24) is 4.98 Å². The van der Waals surface area contributed by atoms with Crippen molar-refractivity contribution in [3.63, 3.8) is 0 Å². The fourth-order valence-electron chi connectivity index (χ4n) is 1.14. The van der Waals surface area contributed by atoms with Crippen LogP contribution in [0.4, 0.5) is 0 Å². The van der Waals surface area contributed by atoms with E-state index in [0.29, 0.717) is 13.0 Å². The van der Waals surface area contributed by atoms with Crippen molar-refractivity contribution in [2.75, 3.05) is 12.8 Å². The smallest absolute Gasteiger partial charge is 0.101 e. The van der Waals surface area contributed by atoms with Crippen LogP contribution in [-0.4, -0.2) is 22.9 Å². The highest BCUT2D eigenvalue weighted by Gasteiger charge is 2.10. The van der Waals surface area contributed by atoms with Crippen LogP contribution in [0.15, 0.2) is 23.4 Å². The molecule has 0 aliphatic rings. The Kier molecular flexibility index (Phi) is 4.21. The van der Waals surface area contributed by atoms with Gasteiger partial charge in [0.2, 0.25) is 0 Å². The van der Waals surface area contributed by atoms with Crippen molar-refractivity contribution >= 4 is 11.8 Å². The molecule has 13 heavy (non-hydrogen) atoms. The molecule has 0 saturated heterocycles. The minimum atomic E-state index is -0.485. The number of aliphatic hydroxyl groups excluding tert-OH is 1. The third kappa shape index (κ3) is 2.69. The topological polar surface area (TPSA) is 59.1 Å². The van der Waals surface area contributed by atoms with Crippen LogP contribution in [0.1, 0.15) is 18.1 Å². The van der Waals surface area contributed by atoms with Crippen molar-refractivity contribution in [2.24, 2.45) is 5.73 Å². The number of thioether (sulfide) groups is 1. The van der Waals surface area contributed by atoms with Crippen LogP contribution in [0.5, 0.6) is 0 Å². The largest absolute Gasteiger partial charge is 0.388 e. The van der Waals surface area contributed by atoms with E-state index in [4.69, 9.17) is 5.73 Å². The number of aromatic nitrogens is 1. The van der Waals surface area contributed by atoms with Gasteiger partial charge in [0, 0.05) is 11.8 Å². The Morgan fingerprint density at radius 2 is 2.46 bits per heavy atom. The first kappa shape index (κ1) is 10.5. The lowest BCUT2D eigenvalue weighted by Crippen LogP contribution is -2.07. The molecule has 0 saturated carbocycles. The van der Waals surface area contributed by atoms with E-state index in [1.54, 1.807) is 6.20 Å². The van der Waals surface area contributed by atoms with Crippen LogP contribution in [-0.2, 0) is 0 Å². The summed E-state index contributed by atoms with van der Waals surface area (Å²) in [6.45, 7) is 0.490. The molecule has 0 radical (unpaired) electrons. The molecule has 1 heterocycles. The lowest BCUT2D eigenvalue weighted by atomic mass is 10.1. The lowest BCUT2D eigenvalue weighted by molar-refractivity contribution is 0.166. The average molecular weight is 198 g/mol. The first-order valence-electron chi connectivity index (χ1n) is 4.16. The molecule has 1 rings (SSSR count). The Labute approximate surface area is 82.4 Å². The minimum absolute atomic E-state index is 0.485. The Bertz CT molecular complexity index is 268. The summed E-state index contributed by atoms with van der Waals surface area (Å²) in [5.74, 6) is 0. The van der Waals surface area contributed by atoms with E-state index < -0.39 is 6.10 Å². The molecule has 1 atom stereocenters. The van der Waals surface area contributed by atoms with Crippen LogP contribution in [0.2, 0.25) is 0 Å². The summed E-state index contributed by atoms with van der Waals surface area (Å²) in [6, 6.07) is 3.72. The van der Waals surface area contributed by atoms with Crippen molar-refractivity contribution in [3.8, 4) is 0 Å². The standard InChI is InChI=1S/C9H14N2OS/c1-13-9-7(3-2-6-11-9)8(12)4-5-10/h2-3,6,8,12H,4-5,10H2,1H3. The zero-order chi connectivity index (χ0) is 9.68.